The highest BCUT2D eigenvalue weighted by Crippen LogP contribution is 2.56. The third kappa shape index (κ3) is 3.75. The first-order valence-corrected chi connectivity index (χ1v) is 10.3. The maximum atomic E-state index is 13.4. The summed E-state index contributed by atoms with van der Waals surface area (Å²) in [5.41, 5.74) is 1.10. The highest BCUT2D eigenvalue weighted by atomic mass is 35.5. The van der Waals surface area contributed by atoms with E-state index in [0.29, 0.717) is 17.5 Å². The van der Waals surface area contributed by atoms with E-state index in [9.17, 15) is 4.79 Å². The second-order valence-corrected chi connectivity index (χ2v) is 8.05. The van der Waals surface area contributed by atoms with Crippen molar-refractivity contribution in [3.63, 3.8) is 0 Å². The van der Waals surface area contributed by atoms with Gasteiger partial charge in [-0.3, -0.25) is 4.79 Å². The summed E-state index contributed by atoms with van der Waals surface area (Å²) in [5, 5.41) is 7.58. The lowest BCUT2D eigenvalue weighted by Crippen LogP contribution is -2.39. The Morgan fingerprint density at radius 3 is 2.89 bits per heavy atom. The van der Waals surface area contributed by atoms with E-state index in [2.05, 4.69) is 31.4 Å². The summed E-state index contributed by atoms with van der Waals surface area (Å²) in [4.78, 5) is 20.7. The molecule has 1 unspecified atom stereocenters. The van der Waals surface area contributed by atoms with Crippen molar-refractivity contribution in [3.8, 4) is 0 Å². The number of hydrogen-bond donors (Lipinski definition) is 1. The molecule has 0 bridgehead atoms. The first kappa shape index (κ1) is 20.2. The van der Waals surface area contributed by atoms with Gasteiger partial charge >= 0.3 is 0 Å². The molecule has 2 fully saturated rings. The molecule has 1 amide bonds. The monoisotopic (exact) mass is 410 g/mol. The number of imidazole rings is 1. The molecule has 7 nitrogen and oxygen atoms in total. The van der Waals surface area contributed by atoms with Gasteiger partial charge in [0.15, 0.2) is 0 Å². The lowest BCUT2D eigenvalue weighted by molar-refractivity contribution is 0.0688. The zero-order valence-electron chi connectivity index (χ0n) is 15.8. The summed E-state index contributed by atoms with van der Waals surface area (Å²) in [6.07, 6.45) is 7.92. The van der Waals surface area contributed by atoms with Crippen LogP contribution in [0.1, 0.15) is 54.3 Å². The van der Waals surface area contributed by atoms with E-state index < -0.39 is 0 Å². The molecule has 27 heavy (non-hydrogen) atoms. The summed E-state index contributed by atoms with van der Waals surface area (Å²) in [7, 11) is 0. The van der Waals surface area contributed by atoms with Gasteiger partial charge in [-0.25, -0.2) is 4.98 Å². The first-order valence-electron chi connectivity index (χ1n) is 9.51. The van der Waals surface area contributed by atoms with Crippen LogP contribution in [0.15, 0.2) is 12.4 Å². The molecule has 2 aliphatic rings. The smallest absolute Gasteiger partial charge is 0.268 e. The Bertz CT molecular complexity index is 784. The third-order valence-electron chi connectivity index (χ3n) is 5.92. The molecule has 1 spiro atoms. The van der Waals surface area contributed by atoms with E-state index in [-0.39, 0.29) is 23.7 Å². The van der Waals surface area contributed by atoms with Crippen LogP contribution < -0.4 is 5.32 Å². The fourth-order valence-corrected chi connectivity index (χ4v) is 4.92. The Labute approximate surface area is 170 Å². The zero-order valence-corrected chi connectivity index (χ0v) is 17.5. The van der Waals surface area contributed by atoms with Gasteiger partial charge < -0.3 is 14.8 Å². The first-order chi connectivity index (χ1) is 12.7. The molecule has 4 rings (SSSR count). The number of aryl methyl sites for hydroxylation is 2. The van der Waals surface area contributed by atoms with Crippen LogP contribution in [0.5, 0.6) is 0 Å². The average molecular weight is 411 g/mol. The Morgan fingerprint density at radius 1 is 1.41 bits per heavy atom. The number of aromatic nitrogens is 4. The molecule has 1 N–H and O–H groups in total. The molecule has 2 aromatic heterocycles. The molecule has 1 atom stereocenters. The molecule has 9 heteroatoms. The van der Waals surface area contributed by atoms with Crippen LogP contribution in [-0.4, -0.2) is 49.1 Å². The summed E-state index contributed by atoms with van der Waals surface area (Å²) in [6, 6.07) is 0.297. The molecule has 1 saturated heterocycles. The third-order valence-corrected chi connectivity index (χ3v) is 6.68. The summed E-state index contributed by atoms with van der Waals surface area (Å²) >= 11 is 1.22. The standard InChI is InChI=1S/C18H26N6OS.ClH/c1-3-13-16(26-22-21-13)17(25)24(12-15-20-9-10-23(15)4-2)14-11-18(14)5-7-19-8-6-18;/h9-10,14,19H,3-8,11-12H2,1-2H3;1H. The largest absolute Gasteiger partial charge is 0.334 e. The average Bonchev–Trinajstić information content (AvgIpc) is 3.07. The van der Waals surface area contributed by atoms with E-state index in [1.165, 1.54) is 11.5 Å². The lowest BCUT2D eigenvalue weighted by atomic mass is 9.93. The minimum Gasteiger partial charge on any atom is -0.334 e. The second-order valence-electron chi connectivity index (χ2n) is 7.30. The van der Waals surface area contributed by atoms with Crippen LogP contribution in [0.3, 0.4) is 0 Å². The zero-order chi connectivity index (χ0) is 18.1. The van der Waals surface area contributed by atoms with E-state index >= 15 is 0 Å². The number of nitrogens with one attached hydrogen (secondary N) is 1. The van der Waals surface area contributed by atoms with Crippen LogP contribution in [0, 0.1) is 5.41 Å². The topological polar surface area (TPSA) is 75.9 Å². The van der Waals surface area contributed by atoms with Crippen molar-refractivity contribution in [1.82, 2.24) is 29.4 Å². The predicted molar refractivity (Wildman–Crippen MR) is 107 cm³/mol. The molecule has 148 valence electrons. The highest BCUT2D eigenvalue weighted by molar-refractivity contribution is 7.08. The molecule has 3 heterocycles. The van der Waals surface area contributed by atoms with Gasteiger partial charge in [0.05, 0.1) is 12.2 Å². The minimum absolute atomic E-state index is 0. The molecule has 1 aliphatic heterocycles. The van der Waals surface area contributed by atoms with Crippen molar-refractivity contribution in [2.45, 2.75) is 58.7 Å². The molecule has 1 saturated carbocycles. The number of amides is 1. The van der Waals surface area contributed by atoms with Crippen molar-refractivity contribution in [2.24, 2.45) is 5.41 Å². The number of rotatable bonds is 6. The molecular formula is C18H27ClN6OS. The van der Waals surface area contributed by atoms with E-state index in [1.807, 2.05) is 24.2 Å². The lowest BCUT2D eigenvalue weighted by Gasteiger charge is -2.29. The summed E-state index contributed by atoms with van der Waals surface area (Å²) < 4.78 is 6.14. The van der Waals surface area contributed by atoms with Gasteiger partial charge in [-0.2, -0.15) is 0 Å². The van der Waals surface area contributed by atoms with Crippen LogP contribution in [0.4, 0.5) is 0 Å². The fourth-order valence-electron chi connectivity index (χ4n) is 4.22. The van der Waals surface area contributed by atoms with Crippen molar-refractivity contribution in [3.05, 3.63) is 28.8 Å². The van der Waals surface area contributed by atoms with Crippen LogP contribution >= 0.6 is 23.9 Å². The number of carbonyl (C=O) groups is 1. The minimum atomic E-state index is 0. The van der Waals surface area contributed by atoms with E-state index in [4.69, 9.17) is 0 Å². The van der Waals surface area contributed by atoms with Crippen molar-refractivity contribution >= 4 is 29.8 Å². The van der Waals surface area contributed by atoms with Gasteiger partial charge in [-0.15, -0.1) is 17.5 Å². The molecule has 0 radical (unpaired) electrons. The number of nitrogens with zero attached hydrogens (tertiary/aromatic N) is 5. The van der Waals surface area contributed by atoms with Gasteiger partial charge in [0.1, 0.15) is 10.7 Å². The fraction of sp³-hybridized carbons (Fsp3) is 0.667. The van der Waals surface area contributed by atoms with Gasteiger partial charge in [-0.05, 0) is 62.6 Å². The normalized spacial score (nSPS) is 20.3. The maximum absolute atomic E-state index is 13.4. The Morgan fingerprint density at radius 2 is 2.19 bits per heavy atom. The van der Waals surface area contributed by atoms with E-state index in [0.717, 1.165) is 56.8 Å². The summed E-state index contributed by atoms with van der Waals surface area (Å²) in [5.74, 6) is 1.02. The van der Waals surface area contributed by atoms with Crippen molar-refractivity contribution in [1.29, 1.82) is 0 Å². The maximum Gasteiger partial charge on any atom is 0.268 e. The van der Waals surface area contributed by atoms with Crippen molar-refractivity contribution in [2.75, 3.05) is 13.1 Å². The summed E-state index contributed by atoms with van der Waals surface area (Å²) in [6.45, 7) is 7.63. The van der Waals surface area contributed by atoms with Gasteiger partial charge in [0, 0.05) is 25.0 Å². The van der Waals surface area contributed by atoms with Gasteiger partial charge in [0.2, 0.25) is 0 Å². The molecular weight excluding hydrogens is 384 g/mol. The SMILES string of the molecule is CCc1nnsc1C(=O)N(Cc1nccn1CC)C1CC12CCNCC2.Cl. The van der Waals surface area contributed by atoms with Gasteiger partial charge in [-0.1, -0.05) is 11.4 Å². The second kappa shape index (κ2) is 8.24. The molecule has 0 aromatic carbocycles. The molecule has 2 aromatic rings. The Balaban J connectivity index is 0.00000210. The van der Waals surface area contributed by atoms with Crippen molar-refractivity contribution < 1.29 is 4.79 Å². The van der Waals surface area contributed by atoms with Crippen LogP contribution in [0.2, 0.25) is 0 Å². The van der Waals surface area contributed by atoms with E-state index in [1.54, 1.807) is 0 Å². The number of halogens is 1. The number of hydrogen-bond acceptors (Lipinski definition) is 6. The van der Waals surface area contributed by atoms with Crippen LogP contribution in [-0.2, 0) is 19.5 Å². The number of piperidine rings is 1. The van der Waals surface area contributed by atoms with Gasteiger partial charge in [0.25, 0.3) is 5.91 Å². The number of carbonyl (C=O) groups excluding carboxylic acids is 1. The Hall–Kier alpha value is -1.51. The predicted octanol–water partition coefficient (Wildman–Crippen LogP) is 2.52. The van der Waals surface area contributed by atoms with Crippen LogP contribution in [0.25, 0.3) is 0 Å². The highest BCUT2D eigenvalue weighted by Gasteiger charge is 2.58. The quantitative estimate of drug-likeness (QED) is 0.791. The Kier molecular flexibility index (Phi) is 6.18. The molecule has 1 aliphatic carbocycles.